The summed E-state index contributed by atoms with van der Waals surface area (Å²) in [6.07, 6.45) is 0.162. The first-order chi connectivity index (χ1) is 18.4. The zero-order valence-corrected chi connectivity index (χ0v) is 20.9. The Bertz CT molecular complexity index is 1480. The topological polar surface area (TPSA) is 126 Å². The molecule has 4 aromatic rings. The van der Waals surface area contributed by atoms with E-state index in [1.165, 1.54) is 0 Å². The van der Waals surface area contributed by atoms with Crippen molar-refractivity contribution in [2.75, 3.05) is 10.6 Å². The lowest BCUT2D eigenvalue weighted by Gasteiger charge is -2.08. The minimum atomic E-state index is -5.08. The van der Waals surface area contributed by atoms with E-state index in [-0.39, 0.29) is 18.2 Å². The summed E-state index contributed by atoms with van der Waals surface area (Å²) in [7, 11) is 0. The second-order valence-corrected chi connectivity index (χ2v) is 8.38. The maximum Gasteiger partial charge on any atom is 0.490 e. The number of halogens is 3. The molecule has 2 aromatic carbocycles. The number of aryl methyl sites for hydroxylation is 2. The summed E-state index contributed by atoms with van der Waals surface area (Å²) >= 11 is 0. The molecule has 2 amide bonds. The van der Waals surface area contributed by atoms with Crippen LogP contribution in [0.1, 0.15) is 27.2 Å². The lowest BCUT2D eigenvalue weighted by molar-refractivity contribution is -0.192. The molecule has 0 atom stereocenters. The predicted molar refractivity (Wildman–Crippen MR) is 138 cm³/mol. The van der Waals surface area contributed by atoms with Gasteiger partial charge in [-0.2, -0.15) is 18.3 Å². The average Bonchev–Trinajstić information content (AvgIpc) is 3.32. The monoisotopic (exact) mass is 539 g/mol. The number of alkyl halides is 3. The molecule has 0 bridgehead atoms. The SMILES string of the molecule is Cc1cccc(CC(=O)Nc2cnn(-c3cccc(C(=O)Nc4ccnc(C)c4)c3)c2)c1.O=C(O)C(F)(F)F. The van der Waals surface area contributed by atoms with Crippen molar-refractivity contribution < 1.29 is 32.7 Å². The summed E-state index contributed by atoms with van der Waals surface area (Å²) in [6, 6.07) is 18.5. The Balaban J connectivity index is 0.000000532. The Morgan fingerprint density at radius 1 is 0.949 bits per heavy atom. The number of carbonyl (C=O) groups excluding carboxylic acids is 2. The third kappa shape index (κ3) is 8.81. The van der Waals surface area contributed by atoms with Crippen molar-refractivity contribution >= 4 is 29.2 Å². The molecule has 3 N–H and O–H groups in total. The van der Waals surface area contributed by atoms with Gasteiger partial charge < -0.3 is 15.7 Å². The highest BCUT2D eigenvalue weighted by molar-refractivity contribution is 6.04. The van der Waals surface area contributed by atoms with Crippen LogP contribution >= 0.6 is 0 Å². The van der Waals surface area contributed by atoms with Crippen LogP contribution in [0.25, 0.3) is 5.69 Å². The Kier molecular flexibility index (Phi) is 9.15. The first kappa shape index (κ1) is 28.6. The summed E-state index contributed by atoms with van der Waals surface area (Å²) in [5, 5.41) is 17.2. The smallest absolute Gasteiger partial charge is 0.475 e. The number of amides is 2. The standard InChI is InChI=1S/C25H23N5O2.C2HF3O2/c1-17-5-3-6-19(11-17)13-24(31)28-22-15-27-30(16-22)23-8-4-7-20(14-23)25(32)29-21-9-10-26-18(2)12-21;3-2(4,5)1(6)7/h3-12,14-16H,13H2,1-2H3,(H,28,31)(H,26,29,32);(H,6,7). The van der Waals surface area contributed by atoms with Gasteiger partial charge in [0.2, 0.25) is 5.91 Å². The van der Waals surface area contributed by atoms with E-state index in [2.05, 4.69) is 20.7 Å². The van der Waals surface area contributed by atoms with E-state index in [1.807, 2.05) is 44.2 Å². The van der Waals surface area contributed by atoms with Crippen molar-refractivity contribution in [2.24, 2.45) is 0 Å². The van der Waals surface area contributed by atoms with E-state index in [1.54, 1.807) is 53.6 Å². The van der Waals surface area contributed by atoms with E-state index in [9.17, 15) is 22.8 Å². The van der Waals surface area contributed by atoms with Gasteiger partial charge in [-0.05, 0) is 49.7 Å². The number of nitrogens with one attached hydrogen (secondary N) is 2. The summed E-state index contributed by atoms with van der Waals surface area (Å²) in [6.45, 7) is 3.86. The Morgan fingerprint density at radius 3 is 2.33 bits per heavy atom. The van der Waals surface area contributed by atoms with Crippen LogP contribution in [-0.2, 0) is 16.0 Å². The molecule has 0 aliphatic heterocycles. The van der Waals surface area contributed by atoms with Gasteiger partial charge >= 0.3 is 12.1 Å². The van der Waals surface area contributed by atoms with Crippen LogP contribution in [0.5, 0.6) is 0 Å². The van der Waals surface area contributed by atoms with E-state index in [4.69, 9.17) is 9.90 Å². The predicted octanol–water partition coefficient (Wildman–Crippen LogP) is 4.95. The minimum absolute atomic E-state index is 0.115. The summed E-state index contributed by atoms with van der Waals surface area (Å²) in [5.41, 5.74) is 5.38. The molecule has 2 heterocycles. The fourth-order valence-electron chi connectivity index (χ4n) is 3.36. The number of aromatic nitrogens is 3. The molecule has 0 aliphatic carbocycles. The quantitative estimate of drug-likeness (QED) is 0.318. The first-order valence-corrected chi connectivity index (χ1v) is 11.5. The third-order valence-corrected chi connectivity index (χ3v) is 5.08. The lowest BCUT2D eigenvalue weighted by Crippen LogP contribution is -2.21. The Morgan fingerprint density at radius 2 is 1.67 bits per heavy atom. The number of hydrogen-bond donors (Lipinski definition) is 3. The van der Waals surface area contributed by atoms with Gasteiger partial charge in [-0.15, -0.1) is 0 Å². The van der Waals surface area contributed by atoms with Crippen LogP contribution in [-0.4, -0.2) is 43.8 Å². The van der Waals surface area contributed by atoms with E-state index in [0.29, 0.717) is 22.6 Å². The van der Waals surface area contributed by atoms with Crippen LogP contribution in [0.4, 0.5) is 24.5 Å². The molecule has 0 saturated heterocycles. The molecule has 0 unspecified atom stereocenters. The zero-order valence-electron chi connectivity index (χ0n) is 20.9. The summed E-state index contributed by atoms with van der Waals surface area (Å²) in [5.74, 6) is -3.10. The maximum atomic E-state index is 12.6. The molecule has 0 aliphatic rings. The van der Waals surface area contributed by atoms with Crippen molar-refractivity contribution in [3.63, 3.8) is 0 Å². The van der Waals surface area contributed by atoms with Gasteiger partial charge in [0.15, 0.2) is 0 Å². The molecular weight excluding hydrogens is 515 g/mol. The number of anilines is 2. The first-order valence-electron chi connectivity index (χ1n) is 11.5. The van der Waals surface area contributed by atoms with Gasteiger partial charge in [0, 0.05) is 23.1 Å². The van der Waals surface area contributed by atoms with Gasteiger partial charge in [-0.25, -0.2) is 9.48 Å². The number of carbonyl (C=O) groups is 3. The van der Waals surface area contributed by atoms with E-state index in [0.717, 1.165) is 16.8 Å². The van der Waals surface area contributed by atoms with E-state index >= 15 is 0 Å². The number of hydrogen-bond acceptors (Lipinski definition) is 5. The van der Waals surface area contributed by atoms with Crippen LogP contribution in [0.2, 0.25) is 0 Å². The molecule has 9 nitrogen and oxygen atoms in total. The second kappa shape index (κ2) is 12.5. The molecule has 0 spiro atoms. The number of benzene rings is 2. The van der Waals surface area contributed by atoms with E-state index < -0.39 is 12.1 Å². The highest BCUT2D eigenvalue weighted by atomic mass is 19.4. The van der Waals surface area contributed by atoms with Crippen molar-refractivity contribution in [1.29, 1.82) is 0 Å². The molecule has 0 radical (unpaired) electrons. The number of nitrogens with zero attached hydrogens (tertiary/aromatic N) is 3. The normalized spacial score (nSPS) is 10.7. The fourth-order valence-corrected chi connectivity index (χ4v) is 3.36. The number of carboxylic acids is 1. The average molecular weight is 540 g/mol. The van der Waals surface area contributed by atoms with Crippen LogP contribution in [0, 0.1) is 13.8 Å². The molecule has 0 fully saturated rings. The van der Waals surface area contributed by atoms with Gasteiger partial charge in [-0.1, -0.05) is 35.9 Å². The van der Waals surface area contributed by atoms with Crippen LogP contribution in [0.15, 0.2) is 79.3 Å². The molecule has 39 heavy (non-hydrogen) atoms. The van der Waals surface area contributed by atoms with Crippen molar-refractivity contribution in [3.05, 3.63) is 102 Å². The third-order valence-electron chi connectivity index (χ3n) is 5.08. The summed E-state index contributed by atoms with van der Waals surface area (Å²) in [4.78, 5) is 38.0. The second-order valence-electron chi connectivity index (χ2n) is 8.38. The number of carboxylic acid groups (broad SMARTS) is 1. The minimum Gasteiger partial charge on any atom is -0.475 e. The number of aliphatic carboxylic acids is 1. The van der Waals surface area contributed by atoms with Crippen LogP contribution in [0.3, 0.4) is 0 Å². The summed E-state index contributed by atoms with van der Waals surface area (Å²) < 4.78 is 33.4. The van der Waals surface area contributed by atoms with Crippen molar-refractivity contribution in [1.82, 2.24) is 14.8 Å². The van der Waals surface area contributed by atoms with Gasteiger partial charge in [0.1, 0.15) is 0 Å². The largest absolute Gasteiger partial charge is 0.490 e. The highest BCUT2D eigenvalue weighted by Crippen LogP contribution is 2.16. The molecule has 12 heteroatoms. The molecular formula is C27H24F3N5O4. The maximum absolute atomic E-state index is 12.6. The van der Waals surface area contributed by atoms with Gasteiger partial charge in [0.25, 0.3) is 5.91 Å². The number of pyridine rings is 1. The molecule has 202 valence electrons. The molecule has 4 rings (SSSR count). The van der Waals surface area contributed by atoms with Gasteiger partial charge in [-0.3, -0.25) is 14.6 Å². The van der Waals surface area contributed by atoms with Crippen LogP contribution < -0.4 is 10.6 Å². The van der Waals surface area contributed by atoms with Crippen molar-refractivity contribution in [3.8, 4) is 5.69 Å². The van der Waals surface area contributed by atoms with Crippen molar-refractivity contribution in [2.45, 2.75) is 26.4 Å². The molecule has 2 aromatic heterocycles. The fraction of sp³-hybridized carbons (Fsp3) is 0.148. The Labute approximate surface area is 221 Å². The zero-order chi connectivity index (χ0) is 28.6. The van der Waals surface area contributed by atoms with Gasteiger partial charge in [0.05, 0.1) is 30.2 Å². The number of rotatable bonds is 6. The Hall–Kier alpha value is -5.00. The highest BCUT2D eigenvalue weighted by Gasteiger charge is 2.38. The molecule has 0 saturated carbocycles. The lowest BCUT2D eigenvalue weighted by atomic mass is 10.1.